The van der Waals surface area contributed by atoms with Crippen molar-refractivity contribution in [1.29, 1.82) is 0 Å². The van der Waals surface area contributed by atoms with Crippen LogP contribution >= 0.6 is 24.8 Å². The fourth-order valence-corrected chi connectivity index (χ4v) is 3.03. The van der Waals surface area contributed by atoms with Gasteiger partial charge in [0.25, 0.3) is 0 Å². The van der Waals surface area contributed by atoms with Crippen LogP contribution in [0.15, 0.2) is 18.3 Å². The van der Waals surface area contributed by atoms with Gasteiger partial charge < -0.3 is 20.3 Å². The van der Waals surface area contributed by atoms with Crippen molar-refractivity contribution in [1.82, 2.24) is 10.3 Å². The van der Waals surface area contributed by atoms with Gasteiger partial charge in [-0.3, -0.25) is 4.79 Å². The molecular weight excluding hydrogens is 351 g/mol. The molecule has 0 radical (unpaired) electrons. The molecule has 0 saturated carbocycles. The van der Waals surface area contributed by atoms with E-state index in [1.807, 2.05) is 12.1 Å². The van der Waals surface area contributed by atoms with Crippen LogP contribution in [0.3, 0.4) is 0 Å². The summed E-state index contributed by atoms with van der Waals surface area (Å²) >= 11 is 0. The Hall–Kier alpha value is -1.08. The predicted molar refractivity (Wildman–Crippen MR) is 101 cm³/mol. The van der Waals surface area contributed by atoms with Gasteiger partial charge >= 0.3 is 0 Å². The zero-order valence-corrected chi connectivity index (χ0v) is 15.3. The molecule has 136 valence electrons. The van der Waals surface area contributed by atoms with Crippen LogP contribution in [0.5, 0.6) is 0 Å². The monoisotopic (exact) mass is 376 g/mol. The van der Waals surface area contributed by atoms with Crippen LogP contribution in [0.2, 0.25) is 0 Å². The maximum Gasteiger partial charge on any atom is 0.224 e. The minimum absolute atomic E-state index is 0. The van der Waals surface area contributed by atoms with E-state index in [1.165, 1.54) is 6.42 Å². The van der Waals surface area contributed by atoms with Gasteiger partial charge in [0.2, 0.25) is 5.91 Å². The average molecular weight is 377 g/mol. The number of hydrogen-bond donors (Lipinski definition) is 2. The maximum absolute atomic E-state index is 12.2. The van der Waals surface area contributed by atoms with Gasteiger partial charge in [0, 0.05) is 25.7 Å². The van der Waals surface area contributed by atoms with E-state index in [1.54, 1.807) is 6.20 Å². The lowest BCUT2D eigenvalue weighted by molar-refractivity contribution is -0.116. The van der Waals surface area contributed by atoms with Gasteiger partial charge in [0.15, 0.2) is 5.82 Å². The van der Waals surface area contributed by atoms with Gasteiger partial charge in [-0.2, -0.15) is 0 Å². The first kappa shape index (κ1) is 21.0. The normalized spacial score (nSPS) is 20.0. The summed E-state index contributed by atoms with van der Waals surface area (Å²) in [5.41, 5.74) is 0.805. The Bertz CT molecular complexity index is 507. The van der Waals surface area contributed by atoms with Crippen molar-refractivity contribution in [2.75, 3.05) is 49.6 Å². The number of nitrogens with one attached hydrogen (secondary N) is 2. The van der Waals surface area contributed by atoms with Crippen LogP contribution in [0.4, 0.5) is 11.5 Å². The molecule has 0 bridgehead atoms. The third-order valence-electron chi connectivity index (χ3n) is 4.31. The third kappa shape index (κ3) is 5.77. The van der Waals surface area contributed by atoms with E-state index in [9.17, 15) is 4.79 Å². The molecule has 2 aliphatic rings. The summed E-state index contributed by atoms with van der Waals surface area (Å²) in [6.07, 6.45) is 4.47. The number of halogens is 2. The molecule has 1 amide bonds. The first-order valence-electron chi connectivity index (χ1n) is 8.11. The molecular formula is C16H26Cl2N4O2. The highest BCUT2D eigenvalue weighted by molar-refractivity contribution is 5.93. The molecule has 3 rings (SSSR count). The molecule has 24 heavy (non-hydrogen) atoms. The van der Waals surface area contributed by atoms with Crippen LogP contribution in [0.1, 0.15) is 19.3 Å². The summed E-state index contributed by atoms with van der Waals surface area (Å²) in [5, 5.41) is 6.37. The molecule has 8 heteroatoms. The first-order chi connectivity index (χ1) is 10.8. The molecule has 0 aromatic carbocycles. The number of amides is 1. The highest BCUT2D eigenvalue weighted by Crippen LogP contribution is 2.24. The second-order valence-corrected chi connectivity index (χ2v) is 5.92. The van der Waals surface area contributed by atoms with Crippen molar-refractivity contribution >= 4 is 42.2 Å². The number of pyridine rings is 1. The summed E-state index contributed by atoms with van der Waals surface area (Å²) in [6.45, 7) is 5.16. The first-order valence-corrected chi connectivity index (χ1v) is 8.11. The van der Waals surface area contributed by atoms with Crippen molar-refractivity contribution < 1.29 is 9.53 Å². The Morgan fingerprint density at radius 1 is 1.38 bits per heavy atom. The Kier molecular flexibility index (Phi) is 9.36. The summed E-state index contributed by atoms with van der Waals surface area (Å²) in [5.74, 6) is 1.56. The largest absolute Gasteiger partial charge is 0.378 e. The molecule has 2 aliphatic heterocycles. The number of morpholine rings is 1. The van der Waals surface area contributed by atoms with E-state index in [-0.39, 0.29) is 30.7 Å². The van der Waals surface area contributed by atoms with Gasteiger partial charge in [0.1, 0.15) is 0 Å². The zero-order valence-electron chi connectivity index (χ0n) is 13.7. The van der Waals surface area contributed by atoms with Crippen molar-refractivity contribution in [2.24, 2.45) is 5.92 Å². The molecule has 3 heterocycles. The van der Waals surface area contributed by atoms with Crippen molar-refractivity contribution in [2.45, 2.75) is 19.3 Å². The number of aromatic nitrogens is 1. The van der Waals surface area contributed by atoms with Gasteiger partial charge in [-0.05, 0) is 44.0 Å². The number of carbonyl (C=O) groups is 1. The van der Waals surface area contributed by atoms with E-state index in [0.29, 0.717) is 25.6 Å². The Morgan fingerprint density at radius 2 is 2.17 bits per heavy atom. The van der Waals surface area contributed by atoms with Crippen molar-refractivity contribution in [3.8, 4) is 0 Å². The quantitative estimate of drug-likeness (QED) is 0.823. The molecule has 1 aromatic heterocycles. The van der Waals surface area contributed by atoms with Crippen LogP contribution in [-0.4, -0.2) is 50.3 Å². The molecule has 2 N–H and O–H groups in total. The van der Waals surface area contributed by atoms with Crippen molar-refractivity contribution in [3.05, 3.63) is 18.3 Å². The Labute approximate surface area is 155 Å². The van der Waals surface area contributed by atoms with Gasteiger partial charge in [-0.25, -0.2) is 4.98 Å². The van der Waals surface area contributed by atoms with Gasteiger partial charge in [-0.1, -0.05) is 0 Å². The lowest BCUT2D eigenvalue weighted by Gasteiger charge is -2.29. The van der Waals surface area contributed by atoms with Crippen LogP contribution in [0.25, 0.3) is 0 Å². The smallest absolute Gasteiger partial charge is 0.224 e. The molecule has 1 atom stereocenters. The van der Waals surface area contributed by atoms with E-state index >= 15 is 0 Å². The minimum atomic E-state index is 0. The standard InChI is InChI=1S/C16H24N4O2.2ClH/c21-15(4-3-13-5-7-17-12-13)19-14-2-1-6-18-16(14)20-8-10-22-11-9-20;;/h1-2,6,13,17H,3-5,7-12H2,(H,19,21);2*1H. The Morgan fingerprint density at radius 3 is 2.88 bits per heavy atom. The number of ether oxygens (including phenoxy) is 1. The van der Waals surface area contributed by atoms with Crippen LogP contribution in [0, 0.1) is 5.92 Å². The predicted octanol–water partition coefficient (Wildman–Crippen LogP) is 2.09. The van der Waals surface area contributed by atoms with Gasteiger partial charge in [0.05, 0.1) is 18.9 Å². The molecule has 0 spiro atoms. The minimum Gasteiger partial charge on any atom is -0.378 e. The summed E-state index contributed by atoms with van der Waals surface area (Å²) in [7, 11) is 0. The molecule has 0 aliphatic carbocycles. The van der Waals surface area contributed by atoms with Gasteiger partial charge in [-0.15, -0.1) is 24.8 Å². The van der Waals surface area contributed by atoms with Crippen LogP contribution in [-0.2, 0) is 9.53 Å². The third-order valence-corrected chi connectivity index (χ3v) is 4.31. The zero-order chi connectivity index (χ0) is 15.2. The van der Waals surface area contributed by atoms with Crippen molar-refractivity contribution in [3.63, 3.8) is 0 Å². The summed E-state index contributed by atoms with van der Waals surface area (Å²) in [6, 6.07) is 3.78. The molecule has 1 unspecified atom stereocenters. The number of anilines is 2. The fourth-order valence-electron chi connectivity index (χ4n) is 3.03. The molecule has 1 aromatic rings. The number of nitrogens with zero attached hydrogens (tertiary/aromatic N) is 2. The fraction of sp³-hybridized carbons (Fsp3) is 0.625. The summed E-state index contributed by atoms with van der Waals surface area (Å²) in [4.78, 5) is 18.8. The SMILES string of the molecule is Cl.Cl.O=C(CCC1CCNC1)Nc1cccnc1N1CCOCC1. The van der Waals surface area contributed by atoms with E-state index in [2.05, 4.69) is 20.5 Å². The molecule has 2 fully saturated rings. The maximum atomic E-state index is 12.2. The lowest BCUT2D eigenvalue weighted by atomic mass is 10.0. The highest BCUT2D eigenvalue weighted by atomic mass is 35.5. The second kappa shape index (κ2) is 10.7. The second-order valence-electron chi connectivity index (χ2n) is 5.92. The number of carbonyl (C=O) groups excluding carboxylic acids is 1. The topological polar surface area (TPSA) is 66.5 Å². The lowest BCUT2D eigenvalue weighted by Crippen LogP contribution is -2.37. The highest BCUT2D eigenvalue weighted by Gasteiger charge is 2.19. The molecule has 6 nitrogen and oxygen atoms in total. The Balaban J connectivity index is 0.00000144. The number of hydrogen-bond acceptors (Lipinski definition) is 5. The van der Waals surface area contributed by atoms with E-state index in [0.717, 1.165) is 44.1 Å². The van der Waals surface area contributed by atoms with E-state index < -0.39 is 0 Å². The molecule has 2 saturated heterocycles. The van der Waals surface area contributed by atoms with Crippen LogP contribution < -0.4 is 15.5 Å². The average Bonchev–Trinajstić information content (AvgIpc) is 3.08. The van der Waals surface area contributed by atoms with E-state index in [4.69, 9.17) is 4.74 Å². The number of rotatable bonds is 5. The summed E-state index contributed by atoms with van der Waals surface area (Å²) < 4.78 is 5.37.